The maximum atomic E-state index is 11.7. The number of hydrogen-bond donors (Lipinski definition) is 2. The summed E-state index contributed by atoms with van der Waals surface area (Å²) in [6, 6.07) is 18.4. The lowest BCUT2D eigenvalue weighted by Crippen LogP contribution is -2.24. The number of esters is 2. The van der Waals surface area contributed by atoms with Gasteiger partial charge in [-0.1, -0.05) is 74.9 Å². The fourth-order valence-corrected chi connectivity index (χ4v) is 3.59. The van der Waals surface area contributed by atoms with Gasteiger partial charge < -0.3 is 19.7 Å². The van der Waals surface area contributed by atoms with Gasteiger partial charge in [0.2, 0.25) is 0 Å². The summed E-state index contributed by atoms with van der Waals surface area (Å²) in [6.07, 6.45) is 9.94. The van der Waals surface area contributed by atoms with E-state index in [0.717, 1.165) is 38.5 Å². The maximum absolute atomic E-state index is 11.7. The quantitative estimate of drug-likeness (QED) is 0.128. The molecule has 0 amide bonds. The lowest BCUT2D eigenvalue weighted by molar-refractivity contribution is -0.156. The maximum Gasteiger partial charge on any atom is 0.321 e. The van der Waals surface area contributed by atoms with Crippen LogP contribution >= 0.6 is 0 Å². The number of carbonyl (C=O) groups is 4. The van der Waals surface area contributed by atoms with Crippen molar-refractivity contribution in [3.63, 3.8) is 0 Å². The molecule has 3 rings (SSSR count). The molecule has 1 fully saturated rings. The lowest BCUT2D eigenvalue weighted by atomic mass is 10.1. The molecule has 0 atom stereocenters. The molecule has 200 valence electrons. The molecule has 37 heavy (non-hydrogen) atoms. The largest absolute Gasteiger partial charge is 0.480 e. The van der Waals surface area contributed by atoms with E-state index in [-0.39, 0.29) is 24.8 Å². The molecule has 2 aromatic carbocycles. The van der Waals surface area contributed by atoms with E-state index in [4.69, 9.17) is 19.7 Å². The highest BCUT2D eigenvalue weighted by atomic mass is 16.5. The zero-order valence-electron chi connectivity index (χ0n) is 21.1. The van der Waals surface area contributed by atoms with Gasteiger partial charge in [0.1, 0.15) is 11.5 Å². The SMILES string of the molecule is O=C(CCCCCCCCCCC(=O)Oc1ccccc1)Oc1ccccc1.O=C(O)C1(C(=O)O)CC1. The van der Waals surface area contributed by atoms with Crippen LogP contribution in [0.15, 0.2) is 60.7 Å². The van der Waals surface area contributed by atoms with E-state index in [1.54, 1.807) is 24.3 Å². The second-order valence-corrected chi connectivity index (χ2v) is 9.10. The molecule has 8 nitrogen and oxygen atoms in total. The minimum Gasteiger partial charge on any atom is -0.480 e. The van der Waals surface area contributed by atoms with Crippen molar-refractivity contribution in [1.82, 2.24) is 0 Å². The Balaban J connectivity index is 0.000000449. The zero-order valence-corrected chi connectivity index (χ0v) is 21.1. The lowest BCUT2D eigenvalue weighted by Gasteiger charge is -2.05. The first kappa shape index (κ1) is 29.5. The van der Waals surface area contributed by atoms with Crippen LogP contribution in [0.5, 0.6) is 11.5 Å². The molecule has 0 heterocycles. The first-order valence-electron chi connectivity index (χ1n) is 12.8. The monoisotopic (exact) mass is 512 g/mol. The van der Waals surface area contributed by atoms with Crippen LogP contribution in [-0.2, 0) is 19.2 Å². The van der Waals surface area contributed by atoms with E-state index in [9.17, 15) is 19.2 Å². The second-order valence-electron chi connectivity index (χ2n) is 9.10. The molecular weight excluding hydrogens is 476 g/mol. The molecule has 1 saturated carbocycles. The molecule has 1 aliphatic carbocycles. The fourth-order valence-electron chi connectivity index (χ4n) is 3.59. The van der Waals surface area contributed by atoms with E-state index >= 15 is 0 Å². The molecule has 0 radical (unpaired) electrons. The third-order valence-corrected chi connectivity index (χ3v) is 6.03. The minimum absolute atomic E-state index is 0.159. The van der Waals surface area contributed by atoms with Gasteiger partial charge in [-0.3, -0.25) is 19.2 Å². The van der Waals surface area contributed by atoms with Crippen molar-refractivity contribution in [2.24, 2.45) is 5.41 Å². The number of rotatable bonds is 15. The molecule has 2 aromatic rings. The first-order chi connectivity index (χ1) is 17.8. The van der Waals surface area contributed by atoms with Crippen LogP contribution in [0.2, 0.25) is 0 Å². The molecule has 0 aromatic heterocycles. The van der Waals surface area contributed by atoms with E-state index in [0.29, 0.717) is 24.3 Å². The standard InChI is InChI=1S/C24H30O4.C5H6O4/c25-23(27-21-15-9-7-10-16-21)19-13-5-3-1-2-4-6-14-20-24(26)28-22-17-11-8-12-18-22;6-3(7)5(1-2-5)4(8)9/h7-12,15-18H,1-6,13-14,19-20H2;1-2H2,(H,6,7)(H,8,9). The van der Waals surface area contributed by atoms with Crippen LogP contribution < -0.4 is 9.47 Å². The number of para-hydroxylation sites is 2. The van der Waals surface area contributed by atoms with Gasteiger partial charge in [0.15, 0.2) is 5.41 Å². The Morgan fingerprint density at radius 1 is 0.568 bits per heavy atom. The van der Waals surface area contributed by atoms with Crippen LogP contribution in [0.3, 0.4) is 0 Å². The number of benzene rings is 2. The highest BCUT2D eigenvalue weighted by Crippen LogP contribution is 2.45. The van der Waals surface area contributed by atoms with Gasteiger partial charge in [0, 0.05) is 12.8 Å². The number of carbonyl (C=O) groups excluding carboxylic acids is 2. The van der Waals surface area contributed by atoms with E-state index in [2.05, 4.69) is 0 Å². The average Bonchev–Trinajstić information content (AvgIpc) is 3.70. The van der Waals surface area contributed by atoms with Crippen molar-refractivity contribution in [3.05, 3.63) is 60.7 Å². The predicted molar refractivity (Wildman–Crippen MR) is 137 cm³/mol. The zero-order chi connectivity index (χ0) is 26.9. The molecular formula is C29H36O8. The Kier molecular flexibility index (Phi) is 12.9. The van der Waals surface area contributed by atoms with Crippen molar-refractivity contribution < 1.29 is 38.9 Å². The molecule has 8 heteroatoms. The molecule has 0 saturated heterocycles. The fraction of sp³-hybridized carbons (Fsp3) is 0.448. The van der Waals surface area contributed by atoms with Gasteiger partial charge in [0.05, 0.1) is 0 Å². The Morgan fingerprint density at radius 2 is 0.892 bits per heavy atom. The number of ether oxygens (including phenoxy) is 2. The van der Waals surface area contributed by atoms with Crippen molar-refractivity contribution in [3.8, 4) is 11.5 Å². The molecule has 1 aliphatic rings. The summed E-state index contributed by atoms with van der Waals surface area (Å²) in [7, 11) is 0. The summed E-state index contributed by atoms with van der Waals surface area (Å²) in [4.78, 5) is 43.7. The van der Waals surface area contributed by atoms with Gasteiger partial charge in [0.25, 0.3) is 0 Å². The number of carboxylic acid groups (broad SMARTS) is 2. The van der Waals surface area contributed by atoms with E-state index < -0.39 is 17.4 Å². The van der Waals surface area contributed by atoms with Gasteiger partial charge >= 0.3 is 23.9 Å². The minimum atomic E-state index is -1.42. The summed E-state index contributed by atoms with van der Waals surface area (Å²) in [6.45, 7) is 0. The van der Waals surface area contributed by atoms with Crippen molar-refractivity contribution >= 4 is 23.9 Å². The highest BCUT2D eigenvalue weighted by molar-refractivity contribution is 6.01. The Labute approximate surface area is 217 Å². The van der Waals surface area contributed by atoms with Crippen LogP contribution in [-0.4, -0.2) is 34.1 Å². The summed E-state index contributed by atoms with van der Waals surface area (Å²) >= 11 is 0. The van der Waals surface area contributed by atoms with Crippen molar-refractivity contribution in [1.29, 1.82) is 0 Å². The molecule has 0 bridgehead atoms. The second kappa shape index (κ2) is 16.1. The Bertz CT molecular complexity index is 906. The van der Waals surface area contributed by atoms with Crippen LogP contribution in [0, 0.1) is 5.41 Å². The summed E-state index contributed by atoms with van der Waals surface area (Å²) in [5, 5.41) is 16.6. The molecule has 2 N–H and O–H groups in total. The third-order valence-electron chi connectivity index (χ3n) is 6.03. The Hall–Kier alpha value is -3.68. The summed E-state index contributed by atoms with van der Waals surface area (Å²) < 4.78 is 10.5. The third kappa shape index (κ3) is 11.7. The summed E-state index contributed by atoms with van der Waals surface area (Å²) in [5.74, 6) is -1.52. The molecule has 0 spiro atoms. The normalized spacial score (nSPS) is 13.0. The van der Waals surface area contributed by atoms with E-state index in [1.807, 2.05) is 36.4 Å². The van der Waals surface area contributed by atoms with Gasteiger partial charge in [-0.15, -0.1) is 0 Å². The topological polar surface area (TPSA) is 127 Å². The number of unbranched alkanes of at least 4 members (excludes halogenated alkanes) is 7. The number of aliphatic carboxylic acids is 2. The predicted octanol–water partition coefficient (Wildman–Crippen LogP) is 6.03. The smallest absolute Gasteiger partial charge is 0.321 e. The molecule has 0 aliphatic heterocycles. The van der Waals surface area contributed by atoms with Crippen LogP contribution in [0.25, 0.3) is 0 Å². The Morgan fingerprint density at radius 3 is 1.16 bits per heavy atom. The average molecular weight is 513 g/mol. The van der Waals surface area contributed by atoms with Gasteiger partial charge in [-0.2, -0.15) is 0 Å². The van der Waals surface area contributed by atoms with Crippen molar-refractivity contribution in [2.45, 2.75) is 77.0 Å². The van der Waals surface area contributed by atoms with Crippen molar-refractivity contribution in [2.75, 3.05) is 0 Å². The molecule has 0 unspecified atom stereocenters. The van der Waals surface area contributed by atoms with Gasteiger partial charge in [-0.05, 0) is 49.9 Å². The number of carboxylic acids is 2. The number of hydrogen-bond acceptors (Lipinski definition) is 6. The van der Waals surface area contributed by atoms with Gasteiger partial charge in [-0.25, -0.2) is 0 Å². The highest BCUT2D eigenvalue weighted by Gasteiger charge is 2.57. The first-order valence-corrected chi connectivity index (χ1v) is 12.8. The van der Waals surface area contributed by atoms with Crippen LogP contribution in [0.4, 0.5) is 0 Å². The van der Waals surface area contributed by atoms with Crippen LogP contribution in [0.1, 0.15) is 77.0 Å². The summed E-state index contributed by atoms with van der Waals surface area (Å²) in [5.41, 5.74) is -1.42. The van der Waals surface area contributed by atoms with E-state index in [1.165, 1.54) is 12.8 Å².